The highest BCUT2D eigenvalue weighted by atomic mass is 35.5. The Morgan fingerprint density at radius 2 is 2.33 bits per heavy atom. The number of rotatable bonds is 4. The number of sulfonamides is 1. The number of hydrogen-bond donors (Lipinski definition) is 0. The highest BCUT2D eigenvalue weighted by Gasteiger charge is 2.32. The number of ether oxygens (including phenoxy) is 2. The Balaban J connectivity index is 2.27. The summed E-state index contributed by atoms with van der Waals surface area (Å²) in [7, 11) is -2.18. The SMILES string of the molecule is COCC1CN(S(=O)(=O)c2ccc(C#N)cc2Cl)CCO1. The van der Waals surface area contributed by atoms with Gasteiger partial charge in [-0.15, -0.1) is 0 Å². The summed E-state index contributed by atoms with van der Waals surface area (Å²) in [5.74, 6) is 0. The van der Waals surface area contributed by atoms with Crippen molar-refractivity contribution in [2.45, 2.75) is 11.0 Å². The van der Waals surface area contributed by atoms with Gasteiger partial charge in [0.25, 0.3) is 0 Å². The summed E-state index contributed by atoms with van der Waals surface area (Å²) < 4.78 is 37.0. The Labute approximate surface area is 128 Å². The smallest absolute Gasteiger partial charge is 0.244 e. The number of morpholine rings is 1. The maximum Gasteiger partial charge on any atom is 0.244 e. The van der Waals surface area contributed by atoms with Gasteiger partial charge < -0.3 is 9.47 Å². The number of methoxy groups -OCH3 is 1. The molecule has 0 saturated carbocycles. The highest BCUT2D eigenvalue weighted by Crippen LogP contribution is 2.26. The molecular formula is C13H15ClN2O4S. The minimum absolute atomic E-state index is 0.00114. The van der Waals surface area contributed by atoms with Crippen LogP contribution in [0.5, 0.6) is 0 Å². The van der Waals surface area contributed by atoms with Crippen LogP contribution in [-0.4, -0.2) is 52.2 Å². The quantitative estimate of drug-likeness (QED) is 0.830. The molecule has 0 radical (unpaired) electrons. The van der Waals surface area contributed by atoms with E-state index < -0.39 is 10.0 Å². The van der Waals surface area contributed by atoms with Gasteiger partial charge in [0.05, 0.1) is 36.0 Å². The maximum absolute atomic E-state index is 12.6. The monoisotopic (exact) mass is 330 g/mol. The summed E-state index contributed by atoms with van der Waals surface area (Å²) in [5, 5.41) is 8.84. The zero-order chi connectivity index (χ0) is 15.5. The molecule has 0 spiro atoms. The summed E-state index contributed by atoms with van der Waals surface area (Å²) in [6.45, 7) is 1.11. The van der Waals surface area contributed by atoms with E-state index in [1.807, 2.05) is 6.07 Å². The van der Waals surface area contributed by atoms with Gasteiger partial charge in [-0.25, -0.2) is 8.42 Å². The molecule has 0 amide bonds. The van der Waals surface area contributed by atoms with Gasteiger partial charge in [0, 0.05) is 20.2 Å². The van der Waals surface area contributed by atoms with Gasteiger partial charge in [-0.3, -0.25) is 0 Å². The number of hydrogen-bond acceptors (Lipinski definition) is 5. The van der Waals surface area contributed by atoms with Gasteiger partial charge >= 0.3 is 0 Å². The van der Waals surface area contributed by atoms with Crippen LogP contribution >= 0.6 is 11.6 Å². The highest BCUT2D eigenvalue weighted by molar-refractivity contribution is 7.89. The van der Waals surface area contributed by atoms with Crippen molar-refractivity contribution in [3.8, 4) is 6.07 Å². The van der Waals surface area contributed by atoms with Crippen LogP contribution in [0, 0.1) is 11.3 Å². The molecule has 8 heteroatoms. The molecule has 1 aromatic carbocycles. The average Bonchev–Trinajstić information content (AvgIpc) is 2.47. The number of nitriles is 1. The molecule has 1 atom stereocenters. The summed E-state index contributed by atoms with van der Waals surface area (Å²) >= 11 is 6.00. The summed E-state index contributed by atoms with van der Waals surface area (Å²) in [5.41, 5.74) is 0.318. The van der Waals surface area contributed by atoms with Crippen molar-refractivity contribution in [2.24, 2.45) is 0 Å². The normalized spacial score (nSPS) is 20.1. The minimum atomic E-state index is -3.71. The summed E-state index contributed by atoms with van der Waals surface area (Å²) in [4.78, 5) is 0.00114. The van der Waals surface area contributed by atoms with E-state index in [1.54, 1.807) is 0 Å². The van der Waals surface area contributed by atoms with Crippen molar-refractivity contribution in [1.82, 2.24) is 4.31 Å². The minimum Gasteiger partial charge on any atom is -0.382 e. The lowest BCUT2D eigenvalue weighted by atomic mass is 10.2. The molecule has 1 heterocycles. The Morgan fingerprint density at radius 1 is 1.57 bits per heavy atom. The van der Waals surface area contributed by atoms with E-state index in [0.29, 0.717) is 18.8 Å². The fourth-order valence-corrected chi connectivity index (χ4v) is 4.09. The lowest BCUT2D eigenvalue weighted by Crippen LogP contribution is -2.47. The van der Waals surface area contributed by atoms with Crippen molar-refractivity contribution >= 4 is 21.6 Å². The van der Waals surface area contributed by atoms with E-state index in [0.717, 1.165) is 0 Å². The van der Waals surface area contributed by atoms with Crippen molar-refractivity contribution in [2.75, 3.05) is 33.4 Å². The molecule has 1 aliphatic rings. The van der Waals surface area contributed by atoms with Crippen LogP contribution in [0.15, 0.2) is 23.1 Å². The first-order valence-corrected chi connectivity index (χ1v) is 8.11. The number of halogens is 1. The van der Waals surface area contributed by atoms with E-state index >= 15 is 0 Å². The topological polar surface area (TPSA) is 79.6 Å². The molecule has 1 fully saturated rings. The average molecular weight is 331 g/mol. The standard InChI is InChI=1S/C13H15ClN2O4S/c1-19-9-11-8-16(4-5-20-11)21(17,18)13-3-2-10(7-15)6-12(13)14/h2-3,6,11H,4-5,8-9H2,1H3. The molecule has 21 heavy (non-hydrogen) atoms. The summed E-state index contributed by atoms with van der Waals surface area (Å²) in [6.07, 6.45) is -0.296. The van der Waals surface area contributed by atoms with E-state index in [1.165, 1.54) is 29.6 Å². The van der Waals surface area contributed by atoms with Crippen LogP contribution in [0.4, 0.5) is 0 Å². The molecule has 0 aromatic heterocycles. The zero-order valence-corrected chi connectivity index (χ0v) is 13.0. The van der Waals surface area contributed by atoms with Crippen LogP contribution in [-0.2, 0) is 19.5 Å². The van der Waals surface area contributed by atoms with Crippen LogP contribution in [0.3, 0.4) is 0 Å². The summed E-state index contributed by atoms with van der Waals surface area (Å²) in [6, 6.07) is 6.06. The van der Waals surface area contributed by atoms with Crippen LogP contribution in [0.1, 0.15) is 5.56 Å². The molecule has 0 aliphatic carbocycles. The predicted molar refractivity (Wildman–Crippen MR) is 76.5 cm³/mol. The number of benzene rings is 1. The molecule has 0 N–H and O–H groups in total. The zero-order valence-electron chi connectivity index (χ0n) is 11.5. The van der Waals surface area contributed by atoms with E-state index in [9.17, 15) is 8.42 Å². The molecule has 0 bridgehead atoms. The first kappa shape index (κ1) is 16.2. The first-order valence-electron chi connectivity index (χ1n) is 6.29. The first-order chi connectivity index (χ1) is 9.98. The fourth-order valence-electron chi connectivity index (χ4n) is 2.12. The Bertz CT molecular complexity index is 655. The van der Waals surface area contributed by atoms with E-state index in [2.05, 4.69) is 0 Å². The molecule has 6 nitrogen and oxygen atoms in total. The van der Waals surface area contributed by atoms with Gasteiger partial charge in [0.1, 0.15) is 4.90 Å². The molecule has 2 rings (SSSR count). The van der Waals surface area contributed by atoms with Crippen molar-refractivity contribution in [1.29, 1.82) is 5.26 Å². The second kappa shape index (κ2) is 6.73. The second-order valence-corrected chi connectivity index (χ2v) is 6.88. The van der Waals surface area contributed by atoms with Gasteiger partial charge in [0.15, 0.2) is 0 Å². The van der Waals surface area contributed by atoms with Crippen LogP contribution in [0.25, 0.3) is 0 Å². The van der Waals surface area contributed by atoms with Gasteiger partial charge in [0.2, 0.25) is 10.0 Å². The van der Waals surface area contributed by atoms with Gasteiger partial charge in [-0.1, -0.05) is 11.6 Å². The Morgan fingerprint density at radius 3 is 2.95 bits per heavy atom. The molecule has 1 unspecified atom stereocenters. The molecule has 114 valence electrons. The third-order valence-corrected chi connectivity index (χ3v) is 5.48. The second-order valence-electron chi connectivity index (χ2n) is 4.57. The number of nitrogens with zero attached hydrogens (tertiary/aromatic N) is 2. The third kappa shape index (κ3) is 3.54. The molecular weight excluding hydrogens is 316 g/mol. The lowest BCUT2D eigenvalue weighted by Gasteiger charge is -2.31. The van der Waals surface area contributed by atoms with E-state index in [-0.39, 0.29) is 29.1 Å². The van der Waals surface area contributed by atoms with Gasteiger partial charge in [-0.05, 0) is 18.2 Å². The van der Waals surface area contributed by atoms with E-state index in [4.69, 9.17) is 26.3 Å². The van der Waals surface area contributed by atoms with Crippen molar-refractivity contribution in [3.05, 3.63) is 28.8 Å². The van der Waals surface area contributed by atoms with Crippen LogP contribution in [0.2, 0.25) is 5.02 Å². The lowest BCUT2D eigenvalue weighted by molar-refractivity contribution is -0.0406. The molecule has 1 aliphatic heterocycles. The fraction of sp³-hybridized carbons (Fsp3) is 0.462. The third-order valence-electron chi connectivity index (χ3n) is 3.13. The molecule has 1 aromatic rings. The maximum atomic E-state index is 12.6. The Hall–Kier alpha value is -1.17. The van der Waals surface area contributed by atoms with Crippen molar-refractivity contribution < 1.29 is 17.9 Å². The van der Waals surface area contributed by atoms with Crippen molar-refractivity contribution in [3.63, 3.8) is 0 Å². The Kier molecular flexibility index (Phi) is 5.19. The predicted octanol–water partition coefficient (Wildman–Crippen LogP) is 1.25. The van der Waals surface area contributed by atoms with Crippen LogP contribution < -0.4 is 0 Å². The largest absolute Gasteiger partial charge is 0.382 e. The van der Waals surface area contributed by atoms with Gasteiger partial charge in [-0.2, -0.15) is 9.57 Å². The molecule has 1 saturated heterocycles.